The zero-order valence-electron chi connectivity index (χ0n) is 12.7. The fourth-order valence-electron chi connectivity index (χ4n) is 3.74. The zero-order chi connectivity index (χ0) is 14.9. The summed E-state index contributed by atoms with van der Waals surface area (Å²) >= 11 is 12.3. The normalized spacial score (nSPS) is 26.1. The van der Waals surface area contributed by atoms with E-state index >= 15 is 0 Å². The lowest BCUT2D eigenvalue weighted by Gasteiger charge is -2.49. The predicted octanol–water partition coefficient (Wildman–Crippen LogP) is 4.49. The minimum Gasteiger partial charge on any atom is -0.308 e. The minimum absolute atomic E-state index is 0.337. The van der Waals surface area contributed by atoms with Gasteiger partial charge in [-0.15, -0.1) is 0 Å². The van der Waals surface area contributed by atoms with Crippen LogP contribution in [0.4, 0.5) is 0 Å². The van der Waals surface area contributed by atoms with E-state index in [4.69, 9.17) is 23.2 Å². The molecule has 1 aromatic rings. The summed E-state index contributed by atoms with van der Waals surface area (Å²) in [4.78, 5) is 2.58. The summed E-state index contributed by atoms with van der Waals surface area (Å²) in [6.07, 6.45) is 6.73. The Balaban J connectivity index is 1.73. The molecular formula is C17H24Cl2N2. The maximum atomic E-state index is 6.35. The van der Waals surface area contributed by atoms with Gasteiger partial charge in [-0.1, -0.05) is 48.5 Å². The number of nitrogens with zero attached hydrogens (tertiary/aromatic N) is 1. The first-order valence-corrected chi connectivity index (χ1v) is 8.77. The van der Waals surface area contributed by atoms with Crippen molar-refractivity contribution in [1.29, 1.82) is 0 Å². The molecule has 1 aliphatic carbocycles. The average Bonchev–Trinajstić information content (AvgIpc) is 2.47. The highest BCUT2D eigenvalue weighted by molar-refractivity contribution is 6.35. The molecular weight excluding hydrogens is 303 g/mol. The number of benzene rings is 1. The molecule has 0 bridgehead atoms. The number of hydrogen-bond acceptors (Lipinski definition) is 2. The summed E-state index contributed by atoms with van der Waals surface area (Å²) in [5.41, 5.74) is 1.52. The number of rotatable bonds is 2. The minimum atomic E-state index is 0.337. The van der Waals surface area contributed by atoms with E-state index in [0.717, 1.165) is 24.7 Å². The van der Waals surface area contributed by atoms with Crippen LogP contribution in [0.5, 0.6) is 0 Å². The van der Waals surface area contributed by atoms with Crippen LogP contribution in [0.15, 0.2) is 18.2 Å². The average molecular weight is 327 g/mol. The van der Waals surface area contributed by atoms with E-state index in [1.165, 1.54) is 37.7 Å². The fourth-order valence-corrected chi connectivity index (χ4v) is 4.21. The molecule has 1 N–H and O–H groups in total. The molecule has 1 aromatic carbocycles. The summed E-state index contributed by atoms with van der Waals surface area (Å²) < 4.78 is 0. The van der Waals surface area contributed by atoms with Gasteiger partial charge in [0.2, 0.25) is 0 Å². The highest BCUT2D eigenvalue weighted by Gasteiger charge is 2.38. The molecule has 2 aliphatic rings. The molecule has 1 aliphatic heterocycles. The van der Waals surface area contributed by atoms with Crippen LogP contribution in [-0.2, 0) is 6.54 Å². The summed E-state index contributed by atoms with van der Waals surface area (Å²) in [6.45, 7) is 5.42. The molecule has 2 nitrogen and oxygen atoms in total. The van der Waals surface area contributed by atoms with Gasteiger partial charge < -0.3 is 5.32 Å². The van der Waals surface area contributed by atoms with Crippen LogP contribution in [0.25, 0.3) is 0 Å². The Labute approximate surface area is 137 Å². The molecule has 21 heavy (non-hydrogen) atoms. The van der Waals surface area contributed by atoms with Crippen molar-refractivity contribution in [3.05, 3.63) is 33.8 Å². The monoisotopic (exact) mass is 326 g/mol. The molecule has 4 heteroatoms. The van der Waals surface area contributed by atoms with E-state index in [1.807, 2.05) is 12.1 Å². The maximum absolute atomic E-state index is 6.35. The molecule has 0 aromatic heterocycles. The van der Waals surface area contributed by atoms with Gasteiger partial charge in [0, 0.05) is 41.3 Å². The highest BCUT2D eigenvalue weighted by atomic mass is 35.5. The number of halogens is 2. The van der Waals surface area contributed by atoms with Gasteiger partial charge >= 0.3 is 0 Å². The molecule has 1 saturated heterocycles. The van der Waals surface area contributed by atoms with Crippen LogP contribution in [0.1, 0.15) is 44.6 Å². The number of nitrogens with one attached hydrogen (secondary N) is 1. The summed E-state index contributed by atoms with van der Waals surface area (Å²) in [6, 6.07) is 6.39. The molecule has 0 radical (unpaired) electrons. The van der Waals surface area contributed by atoms with Gasteiger partial charge in [-0.05, 0) is 37.5 Å². The number of piperazine rings is 1. The first-order chi connectivity index (χ1) is 10.1. The Kier molecular flexibility index (Phi) is 4.80. The second kappa shape index (κ2) is 6.45. The summed E-state index contributed by atoms with van der Waals surface area (Å²) in [5, 5.41) is 5.32. The standard InChI is InChI=1S/C17H24Cl2N2/c1-13-10-20-17(7-3-2-4-8-17)12-21(13)11-14-5-6-15(18)9-16(14)19/h5-6,9,13,20H,2-4,7-8,10-12H2,1H3. The van der Waals surface area contributed by atoms with Crippen LogP contribution in [0, 0.1) is 0 Å². The lowest BCUT2D eigenvalue weighted by Crippen LogP contribution is -2.63. The van der Waals surface area contributed by atoms with Crippen LogP contribution in [0.2, 0.25) is 10.0 Å². The van der Waals surface area contributed by atoms with Crippen molar-refractivity contribution in [1.82, 2.24) is 10.2 Å². The SMILES string of the molecule is CC1CNC2(CCCCC2)CN1Cc1ccc(Cl)cc1Cl. The van der Waals surface area contributed by atoms with Crippen molar-refractivity contribution in [3.63, 3.8) is 0 Å². The van der Waals surface area contributed by atoms with Gasteiger partial charge in [0.25, 0.3) is 0 Å². The van der Waals surface area contributed by atoms with Gasteiger partial charge in [0.05, 0.1) is 0 Å². The first kappa shape index (κ1) is 15.6. The zero-order valence-corrected chi connectivity index (χ0v) is 14.2. The highest BCUT2D eigenvalue weighted by Crippen LogP contribution is 2.33. The van der Waals surface area contributed by atoms with Crippen molar-refractivity contribution in [2.24, 2.45) is 0 Å². The second-order valence-corrected chi connectivity index (χ2v) is 7.56. The molecule has 1 heterocycles. The van der Waals surface area contributed by atoms with Crippen molar-refractivity contribution in [2.75, 3.05) is 13.1 Å². The van der Waals surface area contributed by atoms with Crippen molar-refractivity contribution in [2.45, 2.75) is 57.2 Å². The molecule has 1 spiro atoms. The third-order valence-electron chi connectivity index (χ3n) is 5.10. The Morgan fingerprint density at radius 1 is 1.24 bits per heavy atom. The number of hydrogen-bond donors (Lipinski definition) is 1. The maximum Gasteiger partial charge on any atom is 0.0465 e. The van der Waals surface area contributed by atoms with E-state index in [9.17, 15) is 0 Å². The van der Waals surface area contributed by atoms with E-state index in [-0.39, 0.29) is 0 Å². The van der Waals surface area contributed by atoms with E-state index in [1.54, 1.807) is 0 Å². The molecule has 1 saturated carbocycles. The predicted molar refractivity (Wildman–Crippen MR) is 90.2 cm³/mol. The summed E-state index contributed by atoms with van der Waals surface area (Å²) in [5.74, 6) is 0. The largest absolute Gasteiger partial charge is 0.308 e. The van der Waals surface area contributed by atoms with Crippen LogP contribution >= 0.6 is 23.2 Å². The fraction of sp³-hybridized carbons (Fsp3) is 0.647. The molecule has 3 rings (SSSR count). The van der Waals surface area contributed by atoms with Gasteiger partial charge in [0.1, 0.15) is 0 Å². The summed E-state index contributed by atoms with van der Waals surface area (Å²) in [7, 11) is 0. The Morgan fingerprint density at radius 2 is 2.00 bits per heavy atom. The van der Waals surface area contributed by atoms with Gasteiger partial charge in [-0.25, -0.2) is 0 Å². The molecule has 2 fully saturated rings. The lowest BCUT2D eigenvalue weighted by molar-refractivity contribution is 0.0573. The lowest BCUT2D eigenvalue weighted by atomic mass is 9.79. The van der Waals surface area contributed by atoms with Crippen molar-refractivity contribution < 1.29 is 0 Å². The smallest absolute Gasteiger partial charge is 0.0465 e. The molecule has 116 valence electrons. The van der Waals surface area contributed by atoms with Crippen molar-refractivity contribution in [3.8, 4) is 0 Å². The van der Waals surface area contributed by atoms with Gasteiger partial charge in [-0.3, -0.25) is 4.90 Å². The van der Waals surface area contributed by atoms with Crippen LogP contribution in [-0.4, -0.2) is 29.6 Å². The van der Waals surface area contributed by atoms with E-state index in [2.05, 4.69) is 23.2 Å². The van der Waals surface area contributed by atoms with E-state index < -0.39 is 0 Å². The van der Waals surface area contributed by atoms with Crippen LogP contribution in [0.3, 0.4) is 0 Å². The van der Waals surface area contributed by atoms with Gasteiger partial charge in [0.15, 0.2) is 0 Å². The third-order valence-corrected chi connectivity index (χ3v) is 5.69. The Hall–Kier alpha value is -0.280. The molecule has 0 amide bonds. The Bertz CT molecular complexity index is 498. The topological polar surface area (TPSA) is 15.3 Å². The Morgan fingerprint density at radius 3 is 2.71 bits per heavy atom. The van der Waals surface area contributed by atoms with Crippen LogP contribution < -0.4 is 5.32 Å². The van der Waals surface area contributed by atoms with E-state index in [0.29, 0.717) is 16.6 Å². The van der Waals surface area contributed by atoms with Crippen molar-refractivity contribution >= 4 is 23.2 Å². The van der Waals surface area contributed by atoms with Gasteiger partial charge in [-0.2, -0.15) is 0 Å². The quantitative estimate of drug-likeness (QED) is 0.861. The first-order valence-electron chi connectivity index (χ1n) is 8.01. The second-order valence-electron chi connectivity index (χ2n) is 6.71. The third kappa shape index (κ3) is 3.56. The molecule has 1 atom stereocenters. The molecule has 1 unspecified atom stereocenters.